The van der Waals surface area contributed by atoms with Crippen LogP contribution in [0.15, 0.2) is 36.5 Å². The minimum atomic E-state index is -4.97. The highest BCUT2D eigenvalue weighted by Crippen LogP contribution is 2.45. The van der Waals surface area contributed by atoms with Gasteiger partial charge in [0.15, 0.2) is 12.2 Å². The molecular weight excluding hydrogens is 1310 g/mol. The van der Waals surface area contributed by atoms with Gasteiger partial charge in [-0.15, -0.1) is 0 Å². The average Bonchev–Trinajstić information content (AvgIpc) is 1.01. The molecule has 0 spiro atoms. The molecule has 0 rings (SSSR count). The van der Waals surface area contributed by atoms with Crippen molar-refractivity contribution < 1.29 is 80.2 Å². The van der Waals surface area contributed by atoms with Gasteiger partial charge in [0, 0.05) is 25.7 Å². The van der Waals surface area contributed by atoms with Crippen molar-refractivity contribution in [1.82, 2.24) is 0 Å². The fourth-order valence-corrected chi connectivity index (χ4v) is 13.4. The normalized spacial score (nSPS) is 14.0. The Hall–Kier alpha value is -2.72. The van der Waals surface area contributed by atoms with Crippen molar-refractivity contribution in [2.45, 2.75) is 418 Å². The van der Waals surface area contributed by atoms with Crippen LogP contribution in [0.5, 0.6) is 0 Å². The van der Waals surface area contributed by atoms with E-state index in [1.165, 1.54) is 186 Å². The lowest BCUT2D eigenvalue weighted by Gasteiger charge is -2.21. The number of hydrogen-bond acceptors (Lipinski definition) is 15. The van der Waals surface area contributed by atoms with Gasteiger partial charge in [0.1, 0.15) is 19.3 Å². The number of ether oxygens (including phenoxy) is 4. The van der Waals surface area contributed by atoms with E-state index in [-0.39, 0.29) is 25.7 Å². The fourth-order valence-electron chi connectivity index (χ4n) is 11.8. The number of esters is 4. The third kappa shape index (κ3) is 73.6. The van der Waals surface area contributed by atoms with Gasteiger partial charge in [0.05, 0.1) is 26.4 Å². The Morgan fingerprint density at radius 1 is 0.280 bits per heavy atom. The molecule has 2 unspecified atom stereocenters. The van der Waals surface area contributed by atoms with Crippen LogP contribution in [0.4, 0.5) is 0 Å². The van der Waals surface area contributed by atoms with Crippen molar-refractivity contribution in [1.29, 1.82) is 0 Å². The zero-order valence-electron chi connectivity index (χ0n) is 64.4. The molecule has 0 radical (unpaired) electrons. The van der Waals surface area contributed by atoms with Crippen molar-refractivity contribution >= 4 is 39.5 Å². The van der Waals surface area contributed by atoms with Crippen molar-refractivity contribution in [3.63, 3.8) is 0 Å². The summed E-state index contributed by atoms with van der Waals surface area (Å²) in [4.78, 5) is 73.0. The van der Waals surface area contributed by atoms with E-state index in [1.807, 2.05) is 0 Å². The molecule has 100 heavy (non-hydrogen) atoms. The predicted octanol–water partition coefficient (Wildman–Crippen LogP) is 23.9. The number of hydrogen-bond donors (Lipinski definition) is 3. The first-order valence-corrected chi connectivity index (χ1v) is 44.2. The fraction of sp³-hybridized carbons (Fsp3) is 0.877. The van der Waals surface area contributed by atoms with Crippen LogP contribution in [0, 0.1) is 0 Å². The summed E-state index contributed by atoms with van der Waals surface area (Å²) >= 11 is 0. The summed E-state index contributed by atoms with van der Waals surface area (Å²) in [5.41, 5.74) is 0. The van der Waals surface area contributed by atoms with Gasteiger partial charge in [-0.1, -0.05) is 327 Å². The van der Waals surface area contributed by atoms with Crippen LogP contribution in [0.2, 0.25) is 0 Å². The second kappa shape index (κ2) is 74.5. The van der Waals surface area contributed by atoms with Gasteiger partial charge in [-0.2, -0.15) is 0 Å². The first-order chi connectivity index (χ1) is 48.7. The molecule has 0 heterocycles. The quantitative estimate of drug-likeness (QED) is 0.0169. The molecule has 0 aromatic rings. The highest BCUT2D eigenvalue weighted by molar-refractivity contribution is 7.47. The third-order valence-electron chi connectivity index (χ3n) is 18.1. The minimum Gasteiger partial charge on any atom is -0.462 e. The second-order valence-corrected chi connectivity index (χ2v) is 31.0. The Kier molecular flexibility index (Phi) is 72.5. The van der Waals surface area contributed by atoms with Crippen molar-refractivity contribution in [2.75, 3.05) is 39.6 Å². The van der Waals surface area contributed by atoms with Crippen molar-refractivity contribution in [3.05, 3.63) is 36.5 Å². The van der Waals surface area contributed by atoms with Gasteiger partial charge in [0.25, 0.3) is 0 Å². The van der Waals surface area contributed by atoms with E-state index in [9.17, 15) is 43.2 Å². The summed E-state index contributed by atoms with van der Waals surface area (Å²) in [5.74, 6) is -2.15. The number of phosphoric acid groups is 2. The lowest BCUT2D eigenvalue weighted by molar-refractivity contribution is -0.161. The summed E-state index contributed by atoms with van der Waals surface area (Å²) in [5, 5.41) is 10.6. The summed E-state index contributed by atoms with van der Waals surface area (Å²) in [7, 11) is -9.94. The number of carbonyl (C=O) groups excluding carboxylic acids is 4. The van der Waals surface area contributed by atoms with Gasteiger partial charge in [-0.25, -0.2) is 9.13 Å². The zero-order valence-corrected chi connectivity index (χ0v) is 66.2. The first kappa shape index (κ1) is 97.3. The third-order valence-corrected chi connectivity index (χ3v) is 20.0. The summed E-state index contributed by atoms with van der Waals surface area (Å²) in [6.07, 6.45) is 71.1. The van der Waals surface area contributed by atoms with Crippen LogP contribution < -0.4 is 0 Å². The Balaban J connectivity index is 5.32. The molecule has 3 N–H and O–H groups in total. The van der Waals surface area contributed by atoms with E-state index in [1.54, 1.807) is 0 Å². The molecule has 0 saturated heterocycles. The standard InChI is InChI=1S/C81H152O17P2/c1-5-9-13-17-21-25-29-33-37-41-45-49-53-57-61-65-78(83)91-71-76(97-80(85)67-63-59-55-51-47-43-39-35-31-27-23-19-15-11-7-3)73-95-99(87,88)93-69-75(82)70-94-100(89,90)96-74-77(98-81(86)68-64-60-56-52-48-44-40-36-32-28-24-20-16-12-8-4)72-92-79(84)66-62-58-54-50-46-42-38-34-30-26-22-18-14-10-6-2/h21,25,33-34,37-38,75-77,82H,5-20,22-24,26-32,35-36,39-74H2,1-4H3,(H,87,88)(H,89,90)/b25-21-,37-33-,38-34-/t75-,76-,77-/m1/s1. The highest BCUT2D eigenvalue weighted by atomic mass is 31.2. The van der Waals surface area contributed by atoms with E-state index >= 15 is 0 Å². The molecular formula is C81H152O17P2. The van der Waals surface area contributed by atoms with Crippen LogP contribution in [0.1, 0.15) is 400 Å². The van der Waals surface area contributed by atoms with E-state index in [2.05, 4.69) is 64.2 Å². The van der Waals surface area contributed by atoms with Crippen LogP contribution in [0.3, 0.4) is 0 Å². The molecule has 19 heteroatoms. The Morgan fingerprint density at radius 2 is 0.490 bits per heavy atom. The number of phosphoric ester groups is 2. The number of carbonyl (C=O) groups is 4. The van der Waals surface area contributed by atoms with Crippen molar-refractivity contribution in [2.24, 2.45) is 0 Å². The van der Waals surface area contributed by atoms with Gasteiger partial charge >= 0.3 is 39.5 Å². The van der Waals surface area contributed by atoms with Crippen LogP contribution in [0.25, 0.3) is 0 Å². The topological polar surface area (TPSA) is 237 Å². The molecule has 0 amide bonds. The molecule has 0 fully saturated rings. The Morgan fingerprint density at radius 3 is 0.770 bits per heavy atom. The van der Waals surface area contributed by atoms with Crippen LogP contribution in [-0.4, -0.2) is 96.7 Å². The summed E-state index contributed by atoms with van der Waals surface area (Å²) < 4.78 is 68.7. The molecule has 5 atom stereocenters. The van der Waals surface area contributed by atoms with E-state index < -0.39 is 97.5 Å². The Bertz CT molecular complexity index is 2040. The molecule has 0 aromatic heterocycles. The SMILES string of the molecule is CCCCC/C=C\C/C=C\CCCCCCCC(=O)OC[C@H](COP(=O)(O)OC[C@@H](O)COP(=O)(O)OC[C@@H](COC(=O)CCCCCCC/C=C\CCCCCCCC)OC(=O)CCCCCCCCCCCCCCCCC)OC(=O)CCCCCCCCCCCCCCCCC. The van der Waals surface area contributed by atoms with Crippen molar-refractivity contribution in [3.8, 4) is 0 Å². The molecule has 0 aromatic carbocycles. The maximum atomic E-state index is 13.1. The van der Waals surface area contributed by atoms with Crippen LogP contribution in [-0.2, 0) is 65.4 Å². The number of aliphatic hydroxyl groups is 1. The molecule has 0 aliphatic carbocycles. The summed E-state index contributed by atoms with van der Waals surface area (Å²) in [6, 6.07) is 0. The van der Waals surface area contributed by atoms with E-state index in [0.717, 1.165) is 135 Å². The molecule has 588 valence electrons. The van der Waals surface area contributed by atoms with E-state index in [0.29, 0.717) is 25.7 Å². The number of rotatable bonds is 79. The molecule has 17 nitrogen and oxygen atoms in total. The maximum absolute atomic E-state index is 13.1. The van der Waals surface area contributed by atoms with Gasteiger partial charge in [-0.3, -0.25) is 37.3 Å². The van der Waals surface area contributed by atoms with Gasteiger partial charge in [-0.05, 0) is 83.5 Å². The number of aliphatic hydroxyl groups excluding tert-OH is 1. The predicted molar refractivity (Wildman–Crippen MR) is 409 cm³/mol. The first-order valence-electron chi connectivity index (χ1n) is 41.2. The largest absolute Gasteiger partial charge is 0.472 e. The molecule has 0 bridgehead atoms. The zero-order chi connectivity index (χ0) is 73.2. The Labute approximate surface area is 611 Å². The monoisotopic (exact) mass is 1460 g/mol. The summed E-state index contributed by atoms with van der Waals surface area (Å²) in [6.45, 7) is 4.93. The second-order valence-electron chi connectivity index (χ2n) is 28.1. The average molecular weight is 1460 g/mol. The van der Waals surface area contributed by atoms with Crippen LogP contribution >= 0.6 is 15.6 Å². The van der Waals surface area contributed by atoms with E-state index in [4.69, 9.17) is 37.0 Å². The van der Waals surface area contributed by atoms with Gasteiger partial charge in [0.2, 0.25) is 0 Å². The van der Waals surface area contributed by atoms with Gasteiger partial charge < -0.3 is 33.8 Å². The lowest BCUT2D eigenvalue weighted by Crippen LogP contribution is -2.30. The molecule has 0 saturated carbocycles. The highest BCUT2D eigenvalue weighted by Gasteiger charge is 2.30. The number of unbranched alkanes of at least 4 members (excludes halogenated alkanes) is 47. The minimum absolute atomic E-state index is 0.101. The maximum Gasteiger partial charge on any atom is 0.472 e. The molecule has 0 aliphatic heterocycles. The smallest absolute Gasteiger partial charge is 0.462 e. The lowest BCUT2D eigenvalue weighted by atomic mass is 10.0. The number of allylic oxidation sites excluding steroid dienone is 6. The molecule has 0 aliphatic rings.